The highest BCUT2D eigenvalue weighted by Gasteiger charge is 2.22. The molecule has 0 aliphatic carbocycles. The Balaban J connectivity index is 1.84. The molecule has 2 heterocycles. The first-order valence-electron chi connectivity index (χ1n) is 5.72. The zero-order chi connectivity index (χ0) is 12.3. The Morgan fingerprint density at radius 3 is 2.41 bits per heavy atom. The van der Waals surface area contributed by atoms with E-state index < -0.39 is 0 Å². The average Bonchev–Trinajstić information content (AvgIpc) is 2.82. The Hall–Kier alpha value is -1.36. The predicted octanol–water partition coefficient (Wildman–Crippen LogP) is 0.981. The van der Waals surface area contributed by atoms with E-state index in [1.165, 1.54) is 0 Å². The van der Waals surface area contributed by atoms with E-state index in [-0.39, 0.29) is 11.8 Å². The van der Waals surface area contributed by atoms with Crippen molar-refractivity contribution in [3.05, 3.63) is 22.4 Å². The Morgan fingerprint density at radius 1 is 1.24 bits per heavy atom. The number of thiophene rings is 1. The first kappa shape index (κ1) is 12.1. The summed E-state index contributed by atoms with van der Waals surface area (Å²) >= 11 is 1.61. The lowest BCUT2D eigenvalue weighted by Gasteiger charge is -2.34. The minimum Gasteiger partial charge on any atom is -0.339 e. The van der Waals surface area contributed by atoms with E-state index in [0.29, 0.717) is 32.6 Å². The second-order valence-corrected chi connectivity index (χ2v) is 5.18. The van der Waals surface area contributed by atoms with Crippen LogP contribution in [0.3, 0.4) is 0 Å². The summed E-state index contributed by atoms with van der Waals surface area (Å²) in [6.45, 7) is 4.20. The van der Waals surface area contributed by atoms with Crippen LogP contribution < -0.4 is 0 Å². The Morgan fingerprint density at radius 2 is 1.88 bits per heavy atom. The van der Waals surface area contributed by atoms with Crippen LogP contribution in [0, 0.1) is 0 Å². The molecule has 1 saturated heterocycles. The predicted molar refractivity (Wildman–Crippen MR) is 66.9 cm³/mol. The minimum absolute atomic E-state index is 0.0929. The molecule has 1 fully saturated rings. The van der Waals surface area contributed by atoms with E-state index in [2.05, 4.69) is 0 Å². The molecule has 17 heavy (non-hydrogen) atoms. The normalized spacial score (nSPS) is 16.1. The fourth-order valence-corrected chi connectivity index (χ4v) is 2.64. The summed E-state index contributed by atoms with van der Waals surface area (Å²) < 4.78 is 0. The Kier molecular flexibility index (Phi) is 3.78. The van der Waals surface area contributed by atoms with Crippen molar-refractivity contribution < 1.29 is 9.59 Å². The van der Waals surface area contributed by atoms with Crippen LogP contribution in [0.15, 0.2) is 17.5 Å². The van der Waals surface area contributed by atoms with Gasteiger partial charge in [0.1, 0.15) is 0 Å². The third-order valence-electron chi connectivity index (χ3n) is 2.98. The van der Waals surface area contributed by atoms with Gasteiger partial charge in [-0.15, -0.1) is 11.3 Å². The van der Waals surface area contributed by atoms with Crippen molar-refractivity contribution >= 4 is 23.2 Å². The SMILES string of the molecule is CC(=O)N1CCN(C(=O)Cc2cccs2)CC1. The molecule has 0 saturated carbocycles. The quantitative estimate of drug-likeness (QED) is 0.787. The smallest absolute Gasteiger partial charge is 0.227 e. The highest BCUT2D eigenvalue weighted by Crippen LogP contribution is 2.12. The standard InChI is InChI=1S/C12H16N2O2S/c1-10(15)13-4-6-14(7-5-13)12(16)9-11-3-2-8-17-11/h2-3,8H,4-7,9H2,1H3. The molecule has 1 aliphatic heterocycles. The monoisotopic (exact) mass is 252 g/mol. The van der Waals surface area contributed by atoms with E-state index in [1.54, 1.807) is 23.2 Å². The van der Waals surface area contributed by atoms with Gasteiger partial charge in [0.2, 0.25) is 11.8 Å². The molecule has 1 aromatic rings. The maximum Gasteiger partial charge on any atom is 0.227 e. The van der Waals surface area contributed by atoms with Crippen LogP contribution in [0.5, 0.6) is 0 Å². The lowest BCUT2D eigenvalue weighted by Crippen LogP contribution is -2.50. The lowest BCUT2D eigenvalue weighted by atomic mass is 10.2. The van der Waals surface area contributed by atoms with Gasteiger partial charge in [-0.3, -0.25) is 9.59 Å². The van der Waals surface area contributed by atoms with Crippen molar-refractivity contribution in [2.45, 2.75) is 13.3 Å². The number of hydrogen-bond acceptors (Lipinski definition) is 3. The first-order valence-corrected chi connectivity index (χ1v) is 6.60. The number of rotatable bonds is 2. The van der Waals surface area contributed by atoms with Crippen LogP contribution in [0.4, 0.5) is 0 Å². The molecule has 2 rings (SSSR count). The van der Waals surface area contributed by atoms with Gasteiger partial charge in [-0.1, -0.05) is 6.07 Å². The fourth-order valence-electron chi connectivity index (χ4n) is 1.94. The van der Waals surface area contributed by atoms with Gasteiger partial charge in [0, 0.05) is 38.0 Å². The molecule has 0 unspecified atom stereocenters. The highest BCUT2D eigenvalue weighted by molar-refractivity contribution is 7.10. The average molecular weight is 252 g/mol. The summed E-state index contributed by atoms with van der Waals surface area (Å²) in [4.78, 5) is 27.9. The Bertz CT molecular complexity index is 395. The summed E-state index contributed by atoms with van der Waals surface area (Å²) in [5.74, 6) is 0.256. The molecular weight excluding hydrogens is 236 g/mol. The number of carbonyl (C=O) groups excluding carboxylic acids is 2. The highest BCUT2D eigenvalue weighted by atomic mass is 32.1. The minimum atomic E-state index is 0.0929. The molecule has 0 radical (unpaired) electrons. The Labute approximate surface area is 105 Å². The first-order chi connectivity index (χ1) is 8.16. The zero-order valence-electron chi connectivity index (χ0n) is 9.89. The van der Waals surface area contributed by atoms with Crippen molar-refractivity contribution in [3.63, 3.8) is 0 Å². The molecular formula is C12H16N2O2S. The number of piperazine rings is 1. The zero-order valence-corrected chi connectivity index (χ0v) is 10.7. The number of hydrogen-bond donors (Lipinski definition) is 0. The van der Waals surface area contributed by atoms with Gasteiger partial charge in [-0.05, 0) is 11.4 Å². The van der Waals surface area contributed by atoms with Crippen molar-refractivity contribution in [2.24, 2.45) is 0 Å². The third kappa shape index (κ3) is 3.06. The molecule has 1 aromatic heterocycles. The fraction of sp³-hybridized carbons (Fsp3) is 0.500. The topological polar surface area (TPSA) is 40.6 Å². The molecule has 0 bridgehead atoms. The van der Waals surface area contributed by atoms with Crippen LogP contribution >= 0.6 is 11.3 Å². The van der Waals surface area contributed by atoms with E-state index in [4.69, 9.17) is 0 Å². The van der Waals surface area contributed by atoms with Crippen LogP contribution in [0.2, 0.25) is 0 Å². The van der Waals surface area contributed by atoms with Crippen molar-refractivity contribution in [3.8, 4) is 0 Å². The van der Waals surface area contributed by atoms with Gasteiger partial charge in [-0.2, -0.15) is 0 Å². The van der Waals surface area contributed by atoms with Crippen molar-refractivity contribution in [2.75, 3.05) is 26.2 Å². The van der Waals surface area contributed by atoms with Gasteiger partial charge in [0.05, 0.1) is 6.42 Å². The third-order valence-corrected chi connectivity index (χ3v) is 3.86. The summed E-state index contributed by atoms with van der Waals surface area (Å²) in [7, 11) is 0. The second kappa shape index (κ2) is 5.31. The maximum atomic E-state index is 12.0. The molecule has 0 N–H and O–H groups in total. The van der Waals surface area contributed by atoms with Gasteiger partial charge in [0.15, 0.2) is 0 Å². The molecule has 0 atom stereocenters. The summed E-state index contributed by atoms with van der Waals surface area (Å²) in [6.07, 6.45) is 0.484. The van der Waals surface area contributed by atoms with Crippen LogP contribution in [-0.4, -0.2) is 47.8 Å². The summed E-state index contributed by atoms with van der Waals surface area (Å²) in [6, 6.07) is 3.94. The van der Waals surface area contributed by atoms with E-state index in [0.717, 1.165) is 4.88 Å². The van der Waals surface area contributed by atoms with Crippen molar-refractivity contribution in [1.82, 2.24) is 9.80 Å². The molecule has 1 aliphatic rings. The van der Waals surface area contributed by atoms with E-state index in [1.807, 2.05) is 22.4 Å². The maximum absolute atomic E-state index is 12.0. The van der Waals surface area contributed by atoms with Crippen LogP contribution in [0.25, 0.3) is 0 Å². The van der Waals surface area contributed by atoms with Crippen molar-refractivity contribution in [1.29, 1.82) is 0 Å². The van der Waals surface area contributed by atoms with Gasteiger partial charge < -0.3 is 9.80 Å². The van der Waals surface area contributed by atoms with Crippen LogP contribution in [-0.2, 0) is 16.0 Å². The molecule has 2 amide bonds. The van der Waals surface area contributed by atoms with Gasteiger partial charge in [0.25, 0.3) is 0 Å². The molecule has 4 nitrogen and oxygen atoms in total. The largest absolute Gasteiger partial charge is 0.339 e. The number of carbonyl (C=O) groups is 2. The summed E-state index contributed by atoms with van der Waals surface area (Å²) in [5.41, 5.74) is 0. The molecule has 0 aromatic carbocycles. The summed E-state index contributed by atoms with van der Waals surface area (Å²) in [5, 5.41) is 1.98. The van der Waals surface area contributed by atoms with Crippen LogP contribution in [0.1, 0.15) is 11.8 Å². The van der Waals surface area contributed by atoms with E-state index >= 15 is 0 Å². The number of amides is 2. The molecule has 5 heteroatoms. The number of nitrogens with zero attached hydrogens (tertiary/aromatic N) is 2. The van der Waals surface area contributed by atoms with Gasteiger partial charge in [-0.25, -0.2) is 0 Å². The van der Waals surface area contributed by atoms with E-state index in [9.17, 15) is 9.59 Å². The molecule has 0 spiro atoms. The van der Waals surface area contributed by atoms with Gasteiger partial charge >= 0.3 is 0 Å². The second-order valence-electron chi connectivity index (χ2n) is 4.14. The molecule has 92 valence electrons. The lowest BCUT2D eigenvalue weighted by molar-refractivity contribution is -0.137.